The van der Waals surface area contributed by atoms with Crippen LogP contribution in [0.2, 0.25) is 0 Å². The molecule has 1 aliphatic rings. The van der Waals surface area contributed by atoms with E-state index >= 15 is 0 Å². The van der Waals surface area contributed by atoms with E-state index in [0.717, 1.165) is 0 Å². The molecular weight excluding hydrogens is 392 g/mol. The number of amides is 4. The Morgan fingerprint density at radius 3 is 2.13 bits per heavy atom. The lowest BCUT2D eigenvalue weighted by atomic mass is 10.1. The summed E-state index contributed by atoms with van der Waals surface area (Å²) in [4.78, 5) is 41.1. The second-order valence-electron chi connectivity index (χ2n) is 7.53. The first kappa shape index (κ1) is 20.2. The van der Waals surface area contributed by atoms with Crippen molar-refractivity contribution >= 4 is 40.6 Å². The second kappa shape index (κ2) is 7.95. The highest BCUT2D eigenvalue weighted by molar-refractivity contribution is 6.22. The molecule has 7 nitrogen and oxygen atoms in total. The van der Waals surface area contributed by atoms with E-state index in [9.17, 15) is 14.4 Å². The van der Waals surface area contributed by atoms with E-state index in [1.54, 1.807) is 56.3 Å². The molecule has 0 bridgehead atoms. The molecule has 0 fully saturated rings. The topological polar surface area (TPSA) is 95.7 Å². The van der Waals surface area contributed by atoms with E-state index in [0.29, 0.717) is 28.3 Å². The molecule has 3 aromatic carbocycles. The Morgan fingerprint density at radius 1 is 0.871 bits per heavy atom. The number of rotatable bonds is 4. The summed E-state index contributed by atoms with van der Waals surface area (Å²) in [7, 11) is 0. The summed E-state index contributed by atoms with van der Waals surface area (Å²) in [5.41, 5.74) is 8.74. The largest absolute Gasteiger partial charge is 0.399 e. The number of carbonyl (C=O) groups excluding carboxylic acids is 3. The number of nitrogens with one attached hydrogen (secondary N) is 1. The molecule has 0 aliphatic carbocycles. The number of nitrogens with zero attached hydrogens (tertiary/aromatic N) is 2. The number of imide groups is 1. The standard InChI is InChI=1S/C24H22N4O3/c1-15(2)27-22(29)20-13-10-17(14-21(20)23(27)30)26-24(31)28(18-6-4-3-5-7-18)19-11-8-16(25)9-12-19/h3-15H,25H2,1-2H3,(H,26,31). The van der Waals surface area contributed by atoms with Crippen LogP contribution in [0.1, 0.15) is 34.6 Å². The van der Waals surface area contributed by atoms with Crippen LogP contribution in [-0.2, 0) is 0 Å². The number of nitrogen functional groups attached to an aromatic ring is 1. The molecule has 0 spiro atoms. The number of carbonyl (C=O) groups is 3. The fourth-order valence-electron chi connectivity index (χ4n) is 3.57. The lowest BCUT2D eigenvalue weighted by Gasteiger charge is -2.23. The first-order valence-electron chi connectivity index (χ1n) is 9.90. The average molecular weight is 414 g/mol. The van der Waals surface area contributed by atoms with Crippen LogP contribution in [-0.4, -0.2) is 28.8 Å². The van der Waals surface area contributed by atoms with Gasteiger partial charge in [-0.2, -0.15) is 0 Å². The number of benzene rings is 3. The van der Waals surface area contributed by atoms with E-state index in [4.69, 9.17) is 5.73 Å². The smallest absolute Gasteiger partial charge is 0.330 e. The van der Waals surface area contributed by atoms with Crippen molar-refractivity contribution in [3.63, 3.8) is 0 Å². The molecule has 0 radical (unpaired) electrons. The van der Waals surface area contributed by atoms with Crippen molar-refractivity contribution < 1.29 is 14.4 Å². The third kappa shape index (κ3) is 3.73. The monoisotopic (exact) mass is 414 g/mol. The molecule has 3 aromatic rings. The van der Waals surface area contributed by atoms with Gasteiger partial charge >= 0.3 is 6.03 Å². The number of anilines is 4. The van der Waals surface area contributed by atoms with Crippen LogP contribution in [0.15, 0.2) is 72.8 Å². The van der Waals surface area contributed by atoms with Crippen molar-refractivity contribution in [1.29, 1.82) is 0 Å². The second-order valence-corrected chi connectivity index (χ2v) is 7.53. The zero-order chi connectivity index (χ0) is 22.1. The zero-order valence-corrected chi connectivity index (χ0v) is 17.2. The number of urea groups is 1. The number of hydrogen-bond donors (Lipinski definition) is 2. The molecule has 1 aliphatic heterocycles. The van der Waals surface area contributed by atoms with Gasteiger partial charge in [-0.05, 0) is 68.4 Å². The van der Waals surface area contributed by atoms with Crippen molar-refractivity contribution in [2.75, 3.05) is 16.0 Å². The van der Waals surface area contributed by atoms with Crippen LogP contribution in [0.4, 0.5) is 27.5 Å². The molecule has 156 valence electrons. The molecule has 1 heterocycles. The first-order valence-corrected chi connectivity index (χ1v) is 9.90. The van der Waals surface area contributed by atoms with Crippen molar-refractivity contribution in [2.24, 2.45) is 0 Å². The molecule has 0 saturated carbocycles. The molecule has 3 N–H and O–H groups in total. The quantitative estimate of drug-likeness (QED) is 0.480. The van der Waals surface area contributed by atoms with Gasteiger partial charge in [0, 0.05) is 17.4 Å². The molecule has 0 aromatic heterocycles. The summed E-state index contributed by atoms with van der Waals surface area (Å²) < 4.78 is 0. The maximum atomic E-state index is 13.2. The van der Waals surface area contributed by atoms with Gasteiger partial charge in [-0.3, -0.25) is 19.4 Å². The zero-order valence-electron chi connectivity index (χ0n) is 17.2. The molecule has 0 saturated heterocycles. The van der Waals surface area contributed by atoms with Gasteiger partial charge in [0.1, 0.15) is 0 Å². The molecule has 0 atom stereocenters. The van der Waals surface area contributed by atoms with Gasteiger partial charge in [0.15, 0.2) is 0 Å². The minimum atomic E-state index is -0.409. The van der Waals surface area contributed by atoms with Gasteiger partial charge in [-0.1, -0.05) is 18.2 Å². The van der Waals surface area contributed by atoms with Crippen LogP contribution in [0.3, 0.4) is 0 Å². The van der Waals surface area contributed by atoms with Crippen molar-refractivity contribution in [2.45, 2.75) is 19.9 Å². The maximum Gasteiger partial charge on any atom is 0.330 e. The maximum absolute atomic E-state index is 13.2. The Kier molecular flexibility index (Phi) is 5.17. The molecule has 31 heavy (non-hydrogen) atoms. The van der Waals surface area contributed by atoms with Crippen LogP contribution < -0.4 is 16.0 Å². The Morgan fingerprint density at radius 2 is 1.48 bits per heavy atom. The van der Waals surface area contributed by atoms with Crippen molar-refractivity contribution in [3.05, 3.63) is 83.9 Å². The van der Waals surface area contributed by atoms with Gasteiger partial charge in [-0.15, -0.1) is 0 Å². The third-order valence-corrected chi connectivity index (χ3v) is 5.05. The van der Waals surface area contributed by atoms with Crippen molar-refractivity contribution in [3.8, 4) is 0 Å². The predicted molar refractivity (Wildman–Crippen MR) is 121 cm³/mol. The van der Waals surface area contributed by atoms with Crippen molar-refractivity contribution in [1.82, 2.24) is 4.90 Å². The summed E-state index contributed by atoms with van der Waals surface area (Å²) in [6.45, 7) is 3.57. The fourth-order valence-corrected chi connectivity index (χ4v) is 3.57. The van der Waals surface area contributed by atoms with Crippen LogP contribution in [0, 0.1) is 0 Å². The van der Waals surface area contributed by atoms with Crippen LogP contribution in [0.25, 0.3) is 0 Å². The van der Waals surface area contributed by atoms with Gasteiger partial charge < -0.3 is 11.1 Å². The van der Waals surface area contributed by atoms with Crippen LogP contribution >= 0.6 is 0 Å². The minimum absolute atomic E-state index is 0.246. The average Bonchev–Trinajstić information content (AvgIpc) is 3.00. The normalized spacial score (nSPS) is 12.8. The molecule has 0 unspecified atom stereocenters. The lowest BCUT2D eigenvalue weighted by Crippen LogP contribution is -2.35. The summed E-state index contributed by atoms with van der Waals surface area (Å²) in [6.07, 6.45) is 0. The van der Waals surface area contributed by atoms with E-state index in [2.05, 4.69) is 5.32 Å². The predicted octanol–water partition coefficient (Wildman–Crippen LogP) is 4.64. The lowest BCUT2D eigenvalue weighted by molar-refractivity contribution is 0.0609. The Balaban J connectivity index is 1.65. The third-order valence-electron chi connectivity index (χ3n) is 5.05. The Bertz CT molecular complexity index is 1160. The SMILES string of the molecule is CC(C)N1C(=O)c2ccc(NC(=O)N(c3ccccc3)c3ccc(N)cc3)cc2C1=O. The number of nitrogens with two attached hydrogens (primary N) is 1. The minimum Gasteiger partial charge on any atom is -0.399 e. The summed E-state index contributed by atoms with van der Waals surface area (Å²) in [5.74, 6) is -0.676. The number of hydrogen-bond acceptors (Lipinski definition) is 4. The van der Waals surface area contributed by atoms with E-state index in [1.165, 1.54) is 9.80 Å². The molecule has 4 rings (SSSR count). The summed E-state index contributed by atoms with van der Waals surface area (Å²) in [6, 6.07) is 20.2. The molecule has 7 heteroatoms. The molecule has 4 amide bonds. The van der Waals surface area contributed by atoms with E-state index < -0.39 is 6.03 Å². The number of para-hydroxylation sites is 1. The summed E-state index contributed by atoms with van der Waals surface area (Å²) in [5, 5.41) is 2.84. The highest BCUT2D eigenvalue weighted by atomic mass is 16.2. The van der Waals surface area contributed by atoms with E-state index in [1.807, 2.05) is 30.3 Å². The van der Waals surface area contributed by atoms with Gasteiger partial charge in [-0.25, -0.2) is 4.79 Å². The van der Waals surface area contributed by atoms with E-state index in [-0.39, 0.29) is 23.4 Å². The highest BCUT2D eigenvalue weighted by Gasteiger charge is 2.37. The fraction of sp³-hybridized carbons (Fsp3) is 0.125. The van der Waals surface area contributed by atoms with Gasteiger partial charge in [0.2, 0.25) is 0 Å². The Hall–Kier alpha value is -4.13. The molecular formula is C24H22N4O3. The first-order chi connectivity index (χ1) is 14.9. The summed E-state index contributed by atoms with van der Waals surface area (Å²) >= 11 is 0. The number of fused-ring (bicyclic) bond motifs is 1. The van der Waals surface area contributed by atoms with Gasteiger partial charge in [0.05, 0.1) is 22.5 Å². The Labute approximate surface area is 180 Å². The van der Waals surface area contributed by atoms with Gasteiger partial charge in [0.25, 0.3) is 11.8 Å². The highest BCUT2D eigenvalue weighted by Crippen LogP contribution is 2.30. The van der Waals surface area contributed by atoms with Crippen LogP contribution in [0.5, 0.6) is 0 Å².